The first-order chi connectivity index (χ1) is 13.7. The molecular formula is C23H31N3O3. The van der Waals surface area contributed by atoms with Gasteiger partial charge < -0.3 is 10.6 Å². The molecule has 1 saturated carbocycles. The zero-order chi connectivity index (χ0) is 20.8. The summed E-state index contributed by atoms with van der Waals surface area (Å²) < 4.78 is 0. The fraction of sp³-hybridized carbons (Fsp3) is 0.609. The molecule has 2 N–H and O–H groups in total. The summed E-state index contributed by atoms with van der Waals surface area (Å²) in [4.78, 5) is 39.7. The van der Waals surface area contributed by atoms with Gasteiger partial charge in [0.05, 0.1) is 6.04 Å². The molecule has 4 amide bonds. The van der Waals surface area contributed by atoms with Gasteiger partial charge in [-0.05, 0) is 61.0 Å². The Kier molecular flexibility index (Phi) is 4.91. The first kappa shape index (κ1) is 19.9. The van der Waals surface area contributed by atoms with Crippen LogP contribution in [-0.2, 0) is 16.0 Å². The largest absolute Gasteiger partial charge is 0.348 e. The molecule has 1 spiro atoms. The lowest BCUT2D eigenvalue weighted by atomic mass is 9.64. The minimum absolute atomic E-state index is 0.0231. The van der Waals surface area contributed by atoms with E-state index in [0.29, 0.717) is 18.8 Å². The van der Waals surface area contributed by atoms with Gasteiger partial charge in [-0.3, -0.25) is 14.5 Å². The summed E-state index contributed by atoms with van der Waals surface area (Å²) in [5, 5.41) is 5.98. The molecule has 0 aromatic heterocycles. The average molecular weight is 398 g/mol. The van der Waals surface area contributed by atoms with Crippen molar-refractivity contribution in [3.8, 4) is 0 Å². The molecule has 0 unspecified atom stereocenters. The Bertz CT molecular complexity index is 850. The molecule has 4 rings (SSSR count). The highest BCUT2D eigenvalue weighted by Crippen LogP contribution is 2.46. The summed E-state index contributed by atoms with van der Waals surface area (Å²) in [6.07, 6.45) is 5.18. The van der Waals surface area contributed by atoms with E-state index in [4.69, 9.17) is 0 Å². The second-order valence-corrected chi connectivity index (χ2v) is 9.97. The quantitative estimate of drug-likeness (QED) is 0.768. The van der Waals surface area contributed by atoms with Crippen molar-refractivity contribution in [3.63, 3.8) is 0 Å². The Hall–Kier alpha value is -2.37. The maximum absolute atomic E-state index is 13.2. The van der Waals surface area contributed by atoms with Crippen molar-refractivity contribution in [1.29, 1.82) is 0 Å². The number of imide groups is 1. The van der Waals surface area contributed by atoms with E-state index in [9.17, 15) is 14.4 Å². The normalized spacial score (nSPS) is 30.8. The molecule has 0 bridgehead atoms. The van der Waals surface area contributed by atoms with Crippen LogP contribution in [0.5, 0.6) is 0 Å². The van der Waals surface area contributed by atoms with Gasteiger partial charge in [-0.2, -0.15) is 0 Å². The molecule has 2 aliphatic carbocycles. The summed E-state index contributed by atoms with van der Waals surface area (Å²) in [5.41, 5.74) is 1.51. The zero-order valence-electron chi connectivity index (χ0n) is 17.6. The van der Waals surface area contributed by atoms with E-state index >= 15 is 0 Å². The van der Waals surface area contributed by atoms with Crippen LogP contribution >= 0.6 is 0 Å². The van der Waals surface area contributed by atoms with E-state index in [0.717, 1.165) is 36.1 Å². The highest BCUT2D eigenvalue weighted by atomic mass is 16.2. The van der Waals surface area contributed by atoms with Gasteiger partial charge in [0.1, 0.15) is 12.1 Å². The maximum Gasteiger partial charge on any atom is 0.325 e. The molecule has 3 atom stereocenters. The number of hydrogen-bond acceptors (Lipinski definition) is 3. The molecule has 3 aliphatic rings. The lowest BCUT2D eigenvalue weighted by Crippen LogP contribution is -2.54. The number of carbonyl (C=O) groups excluding carboxylic acids is 3. The minimum Gasteiger partial charge on any atom is -0.348 e. The highest BCUT2D eigenvalue weighted by molar-refractivity contribution is 6.09. The van der Waals surface area contributed by atoms with Gasteiger partial charge in [0.2, 0.25) is 5.91 Å². The van der Waals surface area contributed by atoms with Gasteiger partial charge in [0.25, 0.3) is 5.91 Å². The van der Waals surface area contributed by atoms with Crippen molar-refractivity contribution in [3.05, 3.63) is 35.4 Å². The summed E-state index contributed by atoms with van der Waals surface area (Å²) >= 11 is 0. The number of urea groups is 1. The molecule has 29 heavy (non-hydrogen) atoms. The van der Waals surface area contributed by atoms with Crippen LogP contribution in [0.1, 0.15) is 70.0 Å². The molecule has 1 aromatic carbocycles. The van der Waals surface area contributed by atoms with Gasteiger partial charge in [-0.1, -0.05) is 45.0 Å². The zero-order valence-corrected chi connectivity index (χ0v) is 17.6. The van der Waals surface area contributed by atoms with Crippen molar-refractivity contribution >= 4 is 17.8 Å². The number of amides is 4. The number of nitrogens with one attached hydrogen (secondary N) is 2. The fourth-order valence-electron chi connectivity index (χ4n) is 5.94. The SMILES string of the molecule is C[C@@H]1CC(C)(C)C[C@@]2(C1)NC(=O)N(CC(=O)N[C@H]1CCCc3ccccc31)C2=O. The number of nitrogens with zero attached hydrogens (tertiary/aromatic N) is 1. The minimum atomic E-state index is -0.865. The van der Waals surface area contributed by atoms with Crippen LogP contribution in [0.4, 0.5) is 4.79 Å². The predicted molar refractivity (Wildman–Crippen MR) is 110 cm³/mol. The first-order valence-electron chi connectivity index (χ1n) is 10.7. The molecule has 0 radical (unpaired) electrons. The number of fused-ring (bicyclic) bond motifs is 1. The van der Waals surface area contributed by atoms with Crippen molar-refractivity contribution < 1.29 is 14.4 Å². The van der Waals surface area contributed by atoms with E-state index in [-0.39, 0.29) is 29.8 Å². The highest BCUT2D eigenvalue weighted by Gasteiger charge is 2.56. The molecule has 1 aliphatic heterocycles. The Labute approximate surface area is 172 Å². The van der Waals surface area contributed by atoms with Crippen molar-refractivity contribution in [2.45, 2.75) is 70.9 Å². The number of aryl methyl sites for hydroxylation is 1. The van der Waals surface area contributed by atoms with E-state index in [1.54, 1.807) is 0 Å². The van der Waals surface area contributed by atoms with Crippen molar-refractivity contribution in [1.82, 2.24) is 15.5 Å². The van der Waals surface area contributed by atoms with E-state index < -0.39 is 11.6 Å². The van der Waals surface area contributed by atoms with Crippen LogP contribution in [0.2, 0.25) is 0 Å². The third-order valence-corrected chi connectivity index (χ3v) is 6.63. The third kappa shape index (κ3) is 3.77. The van der Waals surface area contributed by atoms with E-state index in [1.807, 2.05) is 18.2 Å². The van der Waals surface area contributed by atoms with Crippen LogP contribution in [0, 0.1) is 11.3 Å². The van der Waals surface area contributed by atoms with Gasteiger partial charge >= 0.3 is 6.03 Å². The standard InChI is InChI=1S/C23H31N3O3/c1-15-11-22(2,3)14-23(12-15)20(28)26(21(29)25-23)13-19(27)24-18-10-6-8-16-7-4-5-9-17(16)18/h4-5,7,9,15,18H,6,8,10-14H2,1-3H3,(H,24,27)(H,25,29)/t15-,18+,23-/m1/s1. The lowest BCUT2D eigenvalue weighted by Gasteiger charge is -2.43. The Morgan fingerprint density at radius 1 is 1.24 bits per heavy atom. The van der Waals surface area contributed by atoms with Crippen LogP contribution < -0.4 is 10.6 Å². The number of rotatable bonds is 3. The topological polar surface area (TPSA) is 78.5 Å². The second-order valence-electron chi connectivity index (χ2n) is 9.97. The fourth-order valence-corrected chi connectivity index (χ4v) is 5.94. The molecular weight excluding hydrogens is 366 g/mol. The summed E-state index contributed by atoms with van der Waals surface area (Å²) in [6, 6.07) is 7.64. The molecule has 6 nitrogen and oxygen atoms in total. The van der Waals surface area contributed by atoms with E-state index in [1.165, 1.54) is 5.56 Å². The Morgan fingerprint density at radius 3 is 2.76 bits per heavy atom. The lowest BCUT2D eigenvalue weighted by molar-refractivity contribution is -0.137. The molecule has 2 fully saturated rings. The smallest absolute Gasteiger partial charge is 0.325 e. The molecule has 1 saturated heterocycles. The predicted octanol–water partition coefficient (Wildman–Crippen LogP) is 3.32. The van der Waals surface area contributed by atoms with Crippen molar-refractivity contribution in [2.75, 3.05) is 6.54 Å². The number of benzene rings is 1. The van der Waals surface area contributed by atoms with Crippen LogP contribution in [0.3, 0.4) is 0 Å². The first-order valence-corrected chi connectivity index (χ1v) is 10.7. The molecule has 6 heteroatoms. The maximum atomic E-state index is 13.2. The molecule has 1 aromatic rings. The van der Waals surface area contributed by atoms with Gasteiger partial charge in [0, 0.05) is 0 Å². The summed E-state index contributed by atoms with van der Waals surface area (Å²) in [7, 11) is 0. The third-order valence-electron chi connectivity index (χ3n) is 6.63. The molecule has 1 heterocycles. The van der Waals surface area contributed by atoms with E-state index in [2.05, 4.69) is 37.5 Å². The number of carbonyl (C=O) groups is 3. The van der Waals surface area contributed by atoms with Crippen LogP contribution in [0.25, 0.3) is 0 Å². The van der Waals surface area contributed by atoms with Gasteiger partial charge in [0.15, 0.2) is 0 Å². The summed E-state index contributed by atoms with van der Waals surface area (Å²) in [6.45, 7) is 6.18. The number of hydrogen-bond donors (Lipinski definition) is 2. The Morgan fingerprint density at radius 2 is 2.00 bits per heavy atom. The van der Waals surface area contributed by atoms with Gasteiger partial charge in [-0.25, -0.2) is 4.79 Å². The van der Waals surface area contributed by atoms with Gasteiger partial charge in [-0.15, -0.1) is 0 Å². The Balaban J connectivity index is 1.45. The molecule has 156 valence electrons. The second kappa shape index (κ2) is 7.15. The van der Waals surface area contributed by atoms with Crippen LogP contribution in [-0.4, -0.2) is 34.8 Å². The average Bonchev–Trinajstić information content (AvgIpc) is 2.83. The summed E-state index contributed by atoms with van der Waals surface area (Å²) in [5.74, 6) is -0.188. The van der Waals surface area contributed by atoms with Crippen molar-refractivity contribution in [2.24, 2.45) is 11.3 Å². The monoisotopic (exact) mass is 397 g/mol. The van der Waals surface area contributed by atoms with Crippen LogP contribution in [0.15, 0.2) is 24.3 Å².